The van der Waals surface area contributed by atoms with Crippen molar-refractivity contribution < 1.29 is 0 Å². The van der Waals surface area contributed by atoms with Gasteiger partial charge in [-0.2, -0.15) is 0 Å². The van der Waals surface area contributed by atoms with Gasteiger partial charge in [-0.15, -0.1) is 5.10 Å². The molecule has 40 heavy (non-hydrogen) atoms. The number of tetrazole rings is 1. The first-order chi connectivity index (χ1) is 19.3. The van der Waals surface area contributed by atoms with Crippen molar-refractivity contribution in [3.05, 3.63) is 123 Å². The number of pyridine rings is 1. The number of benzene rings is 3. The lowest BCUT2D eigenvalue weighted by Gasteiger charge is -2.33. The lowest BCUT2D eigenvalue weighted by Crippen LogP contribution is -2.39. The topological polar surface area (TPSA) is 79.7 Å². The Morgan fingerprint density at radius 2 is 1.57 bits per heavy atom. The molecule has 206 valence electrons. The Morgan fingerprint density at radius 3 is 2.25 bits per heavy atom. The molecule has 1 N–H and O–H groups in total. The molecule has 0 saturated carbocycles. The molecule has 0 spiro atoms. The molecule has 0 bridgehead atoms. The molecule has 5 rings (SSSR count). The number of aromatic nitrogens is 5. The van der Waals surface area contributed by atoms with Crippen molar-refractivity contribution in [1.82, 2.24) is 30.1 Å². The van der Waals surface area contributed by atoms with Crippen LogP contribution in [-0.2, 0) is 18.5 Å². The van der Waals surface area contributed by atoms with E-state index in [0.29, 0.717) is 24.5 Å². The van der Waals surface area contributed by atoms with Crippen molar-refractivity contribution in [3.63, 3.8) is 0 Å². The molecule has 0 aliphatic carbocycles. The summed E-state index contributed by atoms with van der Waals surface area (Å²) in [5, 5.41) is 14.2. The summed E-state index contributed by atoms with van der Waals surface area (Å²) in [4.78, 5) is 19.4. The molecule has 0 saturated heterocycles. The zero-order valence-corrected chi connectivity index (χ0v) is 24.1. The van der Waals surface area contributed by atoms with E-state index in [9.17, 15) is 4.79 Å². The second-order valence-corrected chi connectivity index (χ2v) is 11.3. The molecule has 1 atom stereocenters. The Kier molecular flexibility index (Phi) is 7.94. The molecular weight excluding hydrogens is 496 g/mol. The van der Waals surface area contributed by atoms with E-state index in [2.05, 4.69) is 115 Å². The number of nitrogens with one attached hydrogen (secondary N) is 1. The number of fused-ring (bicyclic) bond motifs is 1. The summed E-state index contributed by atoms with van der Waals surface area (Å²) >= 11 is 0. The maximum Gasteiger partial charge on any atom is 0.253 e. The van der Waals surface area contributed by atoms with Crippen LogP contribution in [0.25, 0.3) is 10.9 Å². The lowest BCUT2D eigenvalue weighted by molar-refractivity contribution is 0.190. The normalized spacial score (nSPS) is 12.8. The Bertz CT molecular complexity index is 1640. The minimum absolute atomic E-state index is 0.123. The lowest BCUT2D eigenvalue weighted by atomic mass is 9.97. The van der Waals surface area contributed by atoms with Gasteiger partial charge in [-0.25, -0.2) is 4.68 Å². The van der Waals surface area contributed by atoms with E-state index >= 15 is 0 Å². The van der Waals surface area contributed by atoms with Crippen LogP contribution in [-0.4, -0.2) is 36.6 Å². The zero-order valence-electron chi connectivity index (χ0n) is 24.1. The van der Waals surface area contributed by atoms with Crippen molar-refractivity contribution in [2.24, 2.45) is 0 Å². The molecule has 0 fully saturated rings. The summed E-state index contributed by atoms with van der Waals surface area (Å²) in [6, 6.07) is 26.6. The Morgan fingerprint density at radius 1 is 0.925 bits per heavy atom. The standard InChI is InChI=1S/C33H38N6O/c1-6-33(4,5)39-31(35-36-37-39)30(28-21-27-19-23(2)24(3)20-29(27)34-32(28)40)38(22-26-15-11-8-12-16-26)18-17-25-13-9-7-10-14-25/h7-16,19-21,30H,6,17-18,22H2,1-5H3,(H,34,40). The molecule has 3 aromatic carbocycles. The second-order valence-electron chi connectivity index (χ2n) is 11.3. The van der Waals surface area contributed by atoms with Gasteiger partial charge in [-0.3, -0.25) is 9.69 Å². The molecule has 0 aliphatic rings. The molecule has 5 aromatic rings. The van der Waals surface area contributed by atoms with Crippen LogP contribution in [0, 0.1) is 13.8 Å². The van der Waals surface area contributed by atoms with Gasteiger partial charge in [0.1, 0.15) is 6.04 Å². The highest BCUT2D eigenvalue weighted by atomic mass is 16.1. The summed E-state index contributed by atoms with van der Waals surface area (Å²) in [6.45, 7) is 11.9. The van der Waals surface area contributed by atoms with Gasteiger partial charge in [0.15, 0.2) is 5.82 Å². The SMILES string of the molecule is CCC(C)(C)n1nnnc1C(c1cc2cc(C)c(C)cc2[nH]c1=O)N(CCc1ccccc1)Cc1ccccc1. The van der Waals surface area contributed by atoms with E-state index in [1.165, 1.54) is 11.1 Å². The maximum atomic E-state index is 13.9. The largest absolute Gasteiger partial charge is 0.322 e. The predicted octanol–water partition coefficient (Wildman–Crippen LogP) is 6.11. The Labute approximate surface area is 235 Å². The highest BCUT2D eigenvalue weighted by Gasteiger charge is 2.34. The number of hydrogen-bond acceptors (Lipinski definition) is 5. The molecule has 1 unspecified atom stereocenters. The second kappa shape index (κ2) is 11.6. The third-order valence-electron chi connectivity index (χ3n) is 8.08. The van der Waals surface area contributed by atoms with Crippen molar-refractivity contribution in [2.75, 3.05) is 6.54 Å². The molecule has 0 aliphatic heterocycles. The fourth-order valence-corrected chi connectivity index (χ4v) is 5.18. The van der Waals surface area contributed by atoms with E-state index < -0.39 is 6.04 Å². The van der Waals surface area contributed by atoms with E-state index in [4.69, 9.17) is 0 Å². The summed E-state index contributed by atoms with van der Waals surface area (Å²) < 4.78 is 1.90. The molecular formula is C33H38N6O. The summed E-state index contributed by atoms with van der Waals surface area (Å²) in [7, 11) is 0. The zero-order chi connectivity index (χ0) is 28.3. The first-order valence-corrected chi connectivity index (χ1v) is 14.0. The van der Waals surface area contributed by atoms with Gasteiger partial charge in [-0.1, -0.05) is 67.6 Å². The third-order valence-corrected chi connectivity index (χ3v) is 8.08. The highest BCUT2D eigenvalue weighted by Crippen LogP contribution is 2.32. The van der Waals surface area contributed by atoms with E-state index in [1.54, 1.807) is 0 Å². The molecule has 2 aromatic heterocycles. The van der Waals surface area contributed by atoms with Crippen LogP contribution in [0.5, 0.6) is 0 Å². The van der Waals surface area contributed by atoms with Gasteiger partial charge < -0.3 is 4.98 Å². The maximum absolute atomic E-state index is 13.9. The van der Waals surface area contributed by atoms with Crippen molar-refractivity contribution >= 4 is 10.9 Å². The van der Waals surface area contributed by atoms with Crippen LogP contribution in [0.4, 0.5) is 0 Å². The number of aryl methyl sites for hydroxylation is 2. The number of H-pyrrole nitrogens is 1. The van der Waals surface area contributed by atoms with Crippen LogP contribution in [0.15, 0.2) is 83.7 Å². The predicted molar refractivity (Wildman–Crippen MR) is 160 cm³/mol. The summed E-state index contributed by atoms with van der Waals surface area (Å²) in [5.41, 5.74) is 5.77. The Hall–Kier alpha value is -4.10. The van der Waals surface area contributed by atoms with Crippen molar-refractivity contribution in [3.8, 4) is 0 Å². The average Bonchev–Trinajstić information content (AvgIpc) is 3.45. The monoisotopic (exact) mass is 534 g/mol. The number of nitrogens with zero attached hydrogens (tertiary/aromatic N) is 5. The smallest absolute Gasteiger partial charge is 0.253 e. The number of rotatable bonds is 10. The van der Waals surface area contributed by atoms with Crippen molar-refractivity contribution in [1.29, 1.82) is 0 Å². The summed E-state index contributed by atoms with van der Waals surface area (Å²) in [5.74, 6) is 0.671. The van der Waals surface area contributed by atoms with Crippen LogP contribution >= 0.6 is 0 Å². The van der Waals surface area contributed by atoms with E-state index in [1.807, 2.05) is 28.9 Å². The van der Waals surface area contributed by atoms with E-state index in [0.717, 1.165) is 34.9 Å². The minimum atomic E-state index is -0.459. The average molecular weight is 535 g/mol. The number of hydrogen-bond donors (Lipinski definition) is 1. The molecule has 7 heteroatoms. The first kappa shape index (κ1) is 27.5. The molecule has 0 amide bonds. The molecule has 2 heterocycles. The Balaban J connectivity index is 1.70. The molecule has 7 nitrogen and oxygen atoms in total. The fraction of sp³-hybridized carbons (Fsp3) is 0.333. The third kappa shape index (κ3) is 5.75. The van der Waals surface area contributed by atoms with Gasteiger partial charge in [0.05, 0.1) is 5.54 Å². The minimum Gasteiger partial charge on any atom is -0.322 e. The first-order valence-electron chi connectivity index (χ1n) is 14.0. The molecule has 0 radical (unpaired) electrons. The van der Waals surface area contributed by atoms with Crippen LogP contribution in [0.2, 0.25) is 0 Å². The van der Waals surface area contributed by atoms with Crippen LogP contribution in [0.1, 0.15) is 66.9 Å². The highest BCUT2D eigenvalue weighted by molar-refractivity contribution is 5.81. The van der Waals surface area contributed by atoms with Gasteiger partial charge in [0, 0.05) is 24.2 Å². The van der Waals surface area contributed by atoms with Gasteiger partial charge in [0.25, 0.3) is 5.56 Å². The van der Waals surface area contributed by atoms with Gasteiger partial charge >= 0.3 is 0 Å². The fourth-order valence-electron chi connectivity index (χ4n) is 5.18. The number of aromatic amines is 1. The van der Waals surface area contributed by atoms with Crippen LogP contribution < -0.4 is 5.56 Å². The van der Waals surface area contributed by atoms with Crippen molar-refractivity contribution in [2.45, 2.75) is 65.6 Å². The van der Waals surface area contributed by atoms with Gasteiger partial charge in [-0.05, 0) is 96.8 Å². The van der Waals surface area contributed by atoms with E-state index in [-0.39, 0.29) is 11.1 Å². The van der Waals surface area contributed by atoms with Gasteiger partial charge in [0.2, 0.25) is 0 Å². The quantitative estimate of drug-likeness (QED) is 0.234. The van der Waals surface area contributed by atoms with Crippen LogP contribution in [0.3, 0.4) is 0 Å². The summed E-state index contributed by atoms with van der Waals surface area (Å²) in [6.07, 6.45) is 1.67.